The number of carbonyl (C=O) groups is 1. The topological polar surface area (TPSA) is 56.1 Å². The Hall–Kier alpha value is -2.28. The molecule has 1 amide bonds. The molecule has 2 aromatic rings. The Morgan fingerprint density at radius 2 is 2.27 bits per heavy atom. The fourth-order valence-corrected chi connectivity index (χ4v) is 4.23. The van der Waals surface area contributed by atoms with Crippen molar-refractivity contribution in [1.29, 1.82) is 0 Å². The van der Waals surface area contributed by atoms with E-state index < -0.39 is 11.6 Å². The Labute approximate surface area is 149 Å². The number of aromatic nitrogens is 2. The molecule has 3 aliphatic rings. The van der Waals surface area contributed by atoms with Gasteiger partial charge in [0.1, 0.15) is 11.5 Å². The summed E-state index contributed by atoms with van der Waals surface area (Å²) in [4.78, 5) is 12.7. The molecule has 2 aliphatic carbocycles. The maximum Gasteiger partial charge on any atom is 0.272 e. The summed E-state index contributed by atoms with van der Waals surface area (Å²) in [5, 5.41) is 7.31. The highest BCUT2D eigenvalue weighted by molar-refractivity contribution is 5.94. The average molecular weight is 359 g/mol. The molecular weight excluding hydrogens is 340 g/mol. The Kier molecular flexibility index (Phi) is 3.60. The first-order chi connectivity index (χ1) is 12.6. The Morgan fingerprint density at radius 1 is 1.38 bits per heavy atom. The van der Waals surface area contributed by atoms with Crippen LogP contribution in [0.1, 0.15) is 46.9 Å². The van der Waals surface area contributed by atoms with E-state index in [-0.39, 0.29) is 17.7 Å². The summed E-state index contributed by atoms with van der Waals surface area (Å²) >= 11 is 0. The van der Waals surface area contributed by atoms with Gasteiger partial charge in [0.2, 0.25) is 0 Å². The third-order valence-electron chi connectivity index (χ3n) is 5.63. The fraction of sp³-hybridized carbons (Fsp3) is 0.474. The number of halogens is 2. The first-order valence-electron chi connectivity index (χ1n) is 9.09. The van der Waals surface area contributed by atoms with Crippen LogP contribution < -0.4 is 5.32 Å². The molecule has 7 heteroatoms. The number of fused-ring (bicyclic) bond motifs is 3. The third kappa shape index (κ3) is 2.53. The summed E-state index contributed by atoms with van der Waals surface area (Å²) in [6.45, 7) is 1.19. The Morgan fingerprint density at radius 3 is 3.04 bits per heavy atom. The number of amides is 1. The molecule has 1 aromatic heterocycles. The normalized spacial score (nSPS) is 25.8. The molecule has 0 unspecified atom stereocenters. The van der Waals surface area contributed by atoms with Gasteiger partial charge in [-0.25, -0.2) is 13.5 Å². The van der Waals surface area contributed by atoms with Gasteiger partial charge in [-0.15, -0.1) is 0 Å². The summed E-state index contributed by atoms with van der Waals surface area (Å²) < 4.78 is 34.6. The molecule has 5 rings (SSSR count). The van der Waals surface area contributed by atoms with Crippen LogP contribution in [0.5, 0.6) is 0 Å². The number of hydrogen-bond acceptors (Lipinski definition) is 3. The molecule has 1 saturated heterocycles. The minimum absolute atomic E-state index is 0.0528. The maximum atomic E-state index is 14.3. The van der Waals surface area contributed by atoms with Gasteiger partial charge in [-0.05, 0) is 43.7 Å². The van der Waals surface area contributed by atoms with Gasteiger partial charge >= 0.3 is 0 Å². The second-order valence-corrected chi connectivity index (χ2v) is 7.37. The van der Waals surface area contributed by atoms with Gasteiger partial charge < -0.3 is 10.1 Å². The predicted octanol–water partition coefficient (Wildman–Crippen LogP) is 2.72. The van der Waals surface area contributed by atoms with Crippen molar-refractivity contribution in [3.8, 4) is 5.69 Å². The molecule has 1 aromatic carbocycles. The molecule has 26 heavy (non-hydrogen) atoms. The lowest BCUT2D eigenvalue weighted by molar-refractivity contribution is 0.0852. The van der Waals surface area contributed by atoms with Crippen LogP contribution in [0, 0.1) is 17.6 Å². The number of rotatable bonds is 4. The molecular formula is C19H19F2N3O2. The van der Waals surface area contributed by atoms with E-state index in [1.54, 1.807) is 0 Å². The molecule has 0 radical (unpaired) electrons. The lowest BCUT2D eigenvalue weighted by Crippen LogP contribution is -2.32. The highest BCUT2D eigenvalue weighted by Crippen LogP contribution is 2.57. The van der Waals surface area contributed by atoms with Crippen LogP contribution in [0.25, 0.3) is 5.69 Å². The minimum atomic E-state index is -0.675. The number of hydrogen-bond donors (Lipinski definition) is 1. The van der Waals surface area contributed by atoms with E-state index in [4.69, 9.17) is 4.74 Å². The van der Waals surface area contributed by atoms with Gasteiger partial charge in [0.15, 0.2) is 11.5 Å². The van der Waals surface area contributed by atoms with Gasteiger partial charge in [0.05, 0.1) is 11.8 Å². The smallest absolute Gasteiger partial charge is 0.272 e. The van der Waals surface area contributed by atoms with Crippen molar-refractivity contribution in [3.63, 3.8) is 0 Å². The highest BCUT2D eigenvalue weighted by Gasteiger charge is 2.50. The van der Waals surface area contributed by atoms with E-state index in [0.717, 1.165) is 49.6 Å². The molecule has 2 fully saturated rings. The zero-order chi connectivity index (χ0) is 17.8. The van der Waals surface area contributed by atoms with Crippen molar-refractivity contribution in [2.24, 2.45) is 5.92 Å². The zero-order valence-electron chi connectivity index (χ0n) is 14.2. The molecule has 136 valence electrons. The van der Waals surface area contributed by atoms with Crippen LogP contribution in [0.2, 0.25) is 0 Å². The number of nitrogens with zero attached hydrogens (tertiary/aromatic N) is 2. The molecule has 2 heterocycles. The zero-order valence-corrected chi connectivity index (χ0v) is 14.2. The lowest BCUT2D eigenvalue weighted by atomic mass is 10.1. The molecule has 1 N–H and O–H groups in total. The van der Waals surface area contributed by atoms with Crippen molar-refractivity contribution >= 4 is 5.91 Å². The van der Waals surface area contributed by atoms with Crippen LogP contribution in [0.15, 0.2) is 18.2 Å². The first-order valence-corrected chi connectivity index (χ1v) is 9.09. The van der Waals surface area contributed by atoms with E-state index in [9.17, 15) is 13.6 Å². The van der Waals surface area contributed by atoms with E-state index >= 15 is 0 Å². The monoisotopic (exact) mass is 359 g/mol. The fourth-order valence-electron chi connectivity index (χ4n) is 4.23. The average Bonchev–Trinajstić information content (AvgIpc) is 3.01. The van der Waals surface area contributed by atoms with Gasteiger partial charge in [-0.1, -0.05) is 0 Å². The molecule has 1 saturated carbocycles. The summed E-state index contributed by atoms with van der Waals surface area (Å²) in [7, 11) is 0. The minimum Gasteiger partial charge on any atom is -0.376 e. The van der Waals surface area contributed by atoms with E-state index in [2.05, 4.69) is 10.4 Å². The Bertz CT molecular complexity index is 889. The van der Waals surface area contributed by atoms with Crippen molar-refractivity contribution in [1.82, 2.24) is 15.1 Å². The number of benzene rings is 1. The first kappa shape index (κ1) is 15.9. The van der Waals surface area contributed by atoms with Crippen LogP contribution in [-0.4, -0.2) is 34.9 Å². The maximum absolute atomic E-state index is 14.3. The Balaban J connectivity index is 1.47. The molecule has 5 nitrogen and oxygen atoms in total. The summed E-state index contributed by atoms with van der Waals surface area (Å²) in [5.41, 5.74) is 2.35. The third-order valence-corrected chi connectivity index (χ3v) is 5.63. The largest absolute Gasteiger partial charge is 0.376 e. The summed E-state index contributed by atoms with van der Waals surface area (Å²) in [6, 6.07) is 3.44. The van der Waals surface area contributed by atoms with Gasteiger partial charge in [0.25, 0.3) is 5.91 Å². The van der Waals surface area contributed by atoms with Crippen LogP contribution in [0.4, 0.5) is 8.78 Å². The molecule has 0 spiro atoms. The molecule has 0 bridgehead atoms. The molecule has 3 atom stereocenters. The van der Waals surface area contributed by atoms with E-state index in [0.29, 0.717) is 24.1 Å². The van der Waals surface area contributed by atoms with E-state index in [1.807, 2.05) is 0 Å². The second kappa shape index (κ2) is 5.87. The summed E-state index contributed by atoms with van der Waals surface area (Å²) in [6.07, 6.45) is 3.84. The van der Waals surface area contributed by atoms with Crippen LogP contribution in [-0.2, 0) is 11.2 Å². The van der Waals surface area contributed by atoms with Crippen molar-refractivity contribution in [2.75, 3.05) is 13.2 Å². The second-order valence-electron chi connectivity index (χ2n) is 7.37. The van der Waals surface area contributed by atoms with Crippen molar-refractivity contribution in [2.45, 2.75) is 37.7 Å². The lowest BCUT2D eigenvalue weighted by Gasteiger charge is -2.10. The number of nitrogens with one attached hydrogen (secondary N) is 1. The van der Waals surface area contributed by atoms with Crippen molar-refractivity contribution < 1.29 is 18.3 Å². The van der Waals surface area contributed by atoms with Crippen LogP contribution in [0.3, 0.4) is 0 Å². The number of ether oxygens (including phenoxy) is 1. The highest BCUT2D eigenvalue weighted by atomic mass is 19.1. The van der Waals surface area contributed by atoms with Gasteiger partial charge in [0, 0.05) is 30.7 Å². The predicted molar refractivity (Wildman–Crippen MR) is 89.3 cm³/mol. The van der Waals surface area contributed by atoms with Gasteiger partial charge in [-0.3, -0.25) is 4.79 Å². The van der Waals surface area contributed by atoms with E-state index in [1.165, 1.54) is 16.8 Å². The molecule has 1 aliphatic heterocycles. The quantitative estimate of drug-likeness (QED) is 0.913. The SMILES string of the molecule is O=C(NC[C@H]1CCCO1)c1nn(-c2ccc(F)cc2F)c2c1C[C@H]1C[C@@H]21. The number of carbonyl (C=O) groups excluding carboxylic acids is 1. The van der Waals surface area contributed by atoms with Crippen molar-refractivity contribution in [3.05, 3.63) is 46.8 Å². The van der Waals surface area contributed by atoms with Crippen LogP contribution >= 0.6 is 0 Å². The summed E-state index contributed by atoms with van der Waals surface area (Å²) in [5.74, 6) is -0.719. The standard InChI is InChI=1S/C19H19F2N3O2/c20-11-3-4-16(15(21)8-11)24-18-13-6-10(13)7-14(18)17(23-24)19(25)22-9-12-2-1-5-26-12/h3-4,8,10,12-13H,1-2,5-7,9H2,(H,22,25)/t10-,12-,13-/m1/s1. The van der Waals surface area contributed by atoms with Gasteiger partial charge in [-0.2, -0.15) is 5.10 Å².